The van der Waals surface area contributed by atoms with Gasteiger partial charge in [0.2, 0.25) is 0 Å². The van der Waals surface area contributed by atoms with Gasteiger partial charge in [0.1, 0.15) is 0 Å². The summed E-state index contributed by atoms with van der Waals surface area (Å²) in [7, 11) is 0. The molecule has 0 aromatic heterocycles. The molecule has 1 aromatic carbocycles. The second-order valence-electron chi connectivity index (χ2n) is 4.77. The average molecular weight is 281 g/mol. The molecule has 1 N–H and O–H groups in total. The highest BCUT2D eigenvalue weighted by Gasteiger charge is 2.15. The lowest BCUT2D eigenvalue weighted by Gasteiger charge is -2.24. The van der Waals surface area contributed by atoms with Gasteiger partial charge in [0.05, 0.1) is 0 Å². The van der Waals surface area contributed by atoms with Crippen LogP contribution in [0.15, 0.2) is 30.3 Å². The highest BCUT2D eigenvalue weighted by molar-refractivity contribution is 8.06. The van der Waals surface area contributed by atoms with Crippen LogP contribution in [0.4, 0.5) is 0 Å². The number of rotatable bonds is 6. The van der Waals surface area contributed by atoms with Crippen molar-refractivity contribution >= 4 is 23.5 Å². The van der Waals surface area contributed by atoms with Crippen LogP contribution in [-0.4, -0.2) is 35.1 Å². The molecule has 0 aliphatic carbocycles. The zero-order valence-electron chi connectivity index (χ0n) is 11.1. The van der Waals surface area contributed by atoms with Gasteiger partial charge in [0.15, 0.2) is 0 Å². The minimum atomic E-state index is 0.625. The Hall–Kier alpha value is -0.120. The lowest BCUT2D eigenvalue weighted by molar-refractivity contribution is 0.498. The minimum Gasteiger partial charge on any atom is -0.313 e. The van der Waals surface area contributed by atoms with E-state index in [-0.39, 0.29) is 0 Å². The van der Waals surface area contributed by atoms with E-state index in [0.717, 1.165) is 11.7 Å². The van der Waals surface area contributed by atoms with Gasteiger partial charge in [0, 0.05) is 35.1 Å². The smallest absolute Gasteiger partial charge is 0.0263 e. The van der Waals surface area contributed by atoms with E-state index in [1.54, 1.807) is 0 Å². The zero-order chi connectivity index (χ0) is 12.6. The molecule has 1 saturated heterocycles. The van der Waals surface area contributed by atoms with E-state index in [0.29, 0.717) is 6.04 Å². The van der Waals surface area contributed by atoms with Crippen LogP contribution in [0.2, 0.25) is 0 Å². The van der Waals surface area contributed by atoms with Crippen molar-refractivity contribution in [1.29, 1.82) is 0 Å². The van der Waals surface area contributed by atoms with E-state index in [4.69, 9.17) is 0 Å². The predicted molar refractivity (Wildman–Crippen MR) is 85.8 cm³/mol. The van der Waals surface area contributed by atoms with Gasteiger partial charge in [-0.05, 0) is 18.4 Å². The molecule has 0 bridgehead atoms. The minimum absolute atomic E-state index is 0.625. The standard InChI is InChI=1S/C15H23NS2/c1-2-14(10-13-6-4-3-5-7-13)16-11-15-12-17-8-9-18-15/h3-7,14-16H,2,8-12H2,1H3. The largest absolute Gasteiger partial charge is 0.313 e. The van der Waals surface area contributed by atoms with Gasteiger partial charge in [-0.2, -0.15) is 23.5 Å². The quantitative estimate of drug-likeness (QED) is 0.858. The van der Waals surface area contributed by atoms with Gasteiger partial charge in [-0.3, -0.25) is 0 Å². The zero-order valence-corrected chi connectivity index (χ0v) is 12.7. The Morgan fingerprint density at radius 2 is 2.11 bits per heavy atom. The maximum Gasteiger partial charge on any atom is 0.0263 e. The fourth-order valence-corrected chi connectivity index (χ4v) is 4.84. The molecule has 2 atom stereocenters. The van der Waals surface area contributed by atoms with Crippen LogP contribution in [-0.2, 0) is 6.42 Å². The Morgan fingerprint density at radius 1 is 1.28 bits per heavy atom. The average Bonchev–Trinajstić information content (AvgIpc) is 2.45. The number of hydrogen-bond acceptors (Lipinski definition) is 3. The molecule has 100 valence electrons. The molecule has 0 spiro atoms. The number of nitrogens with one attached hydrogen (secondary N) is 1. The van der Waals surface area contributed by atoms with E-state index < -0.39 is 0 Å². The summed E-state index contributed by atoms with van der Waals surface area (Å²) >= 11 is 4.24. The van der Waals surface area contributed by atoms with Gasteiger partial charge in [-0.1, -0.05) is 37.3 Å². The van der Waals surface area contributed by atoms with Crippen molar-refractivity contribution in [1.82, 2.24) is 5.32 Å². The second kappa shape index (κ2) is 8.13. The number of thioether (sulfide) groups is 2. The van der Waals surface area contributed by atoms with Crippen LogP contribution in [0.5, 0.6) is 0 Å². The van der Waals surface area contributed by atoms with Gasteiger partial charge >= 0.3 is 0 Å². The highest BCUT2D eigenvalue weighted by atomic mass is 32.2. The van der Waals surface area contributed by atoms with Crippen LogP contribution in [0, 0.1) is 0 Å². The van der Waals surface area contributed by atoms with E-state index in [2.05, 4.69) is 66.1 Å². The third-order valence-corrected chi connectivity index (χ3v) is 6.18. The second-order valence-corrected chi connectivity index (χ2v) is 7.33. The molecule has 1 aromatic rings. The number of hydrogen-bond donors (Lipinski definition) is 1. The molecule has 0 saturated carbocycles. The molecule has 1 aliphatic rings. The first-order chi connectivity index (χ1) is 8.88. The topological polar surface area (TPSA) is 12.0 Å². The number of benzene rings is 1. The molecule has 1 nitrogen and oxygen atoms in total. The van der Waals surface area contributed by atoms with Crippen molar-refractivity contribution in [2.45, 2.75) is 31.1 Å². The molecule has 1 aliphatic heterocycles. The molecule has 1 fully saturated rings. The molecule has 2 rings (SSSR count). The van der Waals surface area contributed by atoms with Crippen LogP contribution >= 0.6 is 23.5 Å². The van der Waals surface area contributed by atoms with E-state index in [1.165, 1.54) is 35.8 Å². The predicted octanol–water partition coefficient (Wildman–Crippen LogP) is 3.45. The Bertz CT molecular complexity index is 323. The van der Waals surface area contributed by atoms with Crippen molar-refractivity contribution in [3.8, 4) is 0 Å². The molecule has 18 heavy (non-hydrogen) atoms. The summed E-state index contributed by atoms with van der Waals surface area (Å²) in [6.07, 6.45) is 2.36. The Morgan fingerprint density at radius 3 is 2.78 bits per heavy atom. The van der Waals surface area contributed by atoms with Crippen molar-refractivity contribution in [2.24, 2.45) is 0 Å². The van der Waals surface area contributed by atoms with Crippen molar-refractivity contribution in [3.05, 3.63) is 35.9 Å². The first-order valence-electron chi connectivity index (χ1n) is 6.85. The molecule has 3 heteroatoms. The Balaban J connectivity index is 1.75. The van der Waals surface area contributed by atoms with E-state index >= 15 is 0 Å². The normalized spacial score (nSPS) is 21.7. The van der Waals surface area contributed by atoms with Crippen LogP contribution < -0.4 is 5.32 Å². The van der Waals surface area contributed by atoms with Gasteiger partial charge in [-0.15, -0.1) is 0 Å². The van der Waals surface area contributed by atoms with Crippen LogP contribution in [0.25, 0.3) is 0 Å². The summed E-state index contributed by atoms with van der Waals surface area (Å²) in [4.78, 5) is 0. The first-order valence-corrected chi connectivity index (χ1v) is 9.05. The van der Waals surface area contributed by atoms with Crippen molar-refractivity contribution < 1.29 is 0 Å². The summed E-state index contributed by atoms with van der Waals surface area (Å²) in [5.41, 5.74) is 1.45. The molecular formula is C15H23NS2. The van der Waals surface area contributed by atoms with E-state index in [9.17, 15) is 0 Å². The SMILES string of the molecule is CCC(Cc1ccccc1)NCC1CSCCS1. The third-order valence-electron chi connectivity index (χ3n) is 3.34. The molecule has 0 radical (unpaired) electrons. The van der Waals surface area contributed by atoms with Gasteiger partial charge < -0.3 is 5.32 Å². The monoisotopic (exact) mass is 281 g/mol. The van der Waals surface area contributed by atoms with Crippen molar-refractivity contribution in [3.63, 3.8) is 0 Å². The van der Waals surface area contributed by atoms with Gasteiger partial charge in [-0.25, -0.2) is 0 Å². The van der Waals surface area contributed by atoms with E-state index in [1.807, 2.05) is 0 Å². The van der Waals surface area contributed by atoms with Crippen LogP contribution in [0.3, 0.4) is 0 Å². The third kappa shape index (κ3) is 4.87. The van der Waals surface area contributed by atoms with Crippen LogP contribution in [0.1, 0.15) is 18.9 Å². The Labute approximate surface area is 120 Å². The molecule has 2 unspecified atom stereocenters. The highest BCUT2D eigenvalue weighted by Crippen LogP contribution is 2.23. The molecule has 1 heterocycles. The van der Waals surface area contributed by atoms with Crippen molar-refractivity contribution in [2.75, 3.05) is 23.8 Å². The molecular weight excluding hydrogens is 258 g/mol. The first kappa shape index (κ1) is 14.3. The summed E-state index contributed by atoms with van der Waals surface area (Å²) < 4.78 is 0. The maximum atomic E-state index is 3.75. The lowest BCUT2D eigenvalue weighted by Crippen LogP contribution is -2.37. The fourth-order valence-electron chi connectivity index (χ4n) is 2.21. The maximum absolute atomic E-state index is 3.75. The fraction of sp³-hybridized carbons (Fsp3) is 0.600. The Kier molecular flexibility index (Phi) is 6.46. The summed E-state index contributed by atoms with van der Waals surface area (Å²) in [6.45, 7) is 3.45. The summed E-state index contributed by atoms with van der Waals surface area (Å²) in [5.74, 6) is 3.98. The lowest BCUT2D eigenvalue weighted by atomic mass is 10.0. The molecule has 0 amide bonds. The van der Waals surface area contributed by atoms with Gasteiger partial charge in [0.25, 0.3) is 0 Å². The summed E-state index contributed by atoms with van der Waals surface area (Å²) in [5, 5.41) is 4.57. The summed E-state index contributed by atoms with van der Waals surface area (Å²) in [6, 6.07) is 11.4.